The molecule has 1 aromatic heterocycles. The minimum atomic E-state index is 0.814. The Balaban J connectivity index is 1.42. The van der Waals surface area contributed by atoms with Gasteiger partial charge in [0.05, 0.1) is 0 Å². The van der Waals surface area contributed by atoms with Crippen LogP contribution in [0.3, 0.4) is 0 Å². The largest absolute Gasteiger partial charge is 0.369 e. The minimum Gasteiger partial charge on any atom is -0.369 e. The SMILES string of the molecule is Cn1ccc(NCCC2CC3CCC(C2)N3)n1. The van der Waals surface area contributed by atoms with E-state index in [0.717, 1.165) is 30.4 Å². The van der Waals surface area contributed by atoms with E-state index in [1.54, 1.807) is 0 Å². The van der Waals surface area contributed by atoms with Crippen LogP contribution < -0.4 is 10.6 Å². The number of nitrogens with one attached hydrogen (secondary N) is 2. The summed E-state index contributed by atoms with van der Waals surface area (Å²) in [5, 5.41) is 11.4. The highest BCUT2D eigenvalue weighted by Gasteiger charge is 2.32. The van der Waals surface area contributed by atoms with Crippen molar-refractivity contribution in [3.8, 4) is 0 Å². The Kier molecular flexibility index (Phi) is 3.05. The maximum atomic E-state index is 4.33. The Morgan fingerprint density at radius 3 is 2.82 bits per heavy atom. The van der Waals surface area contributed by atoms with Gasteiger partial charge in [-0.3, -0.25) is 4.68 Å². The summed E-state index contributed by atoms with van der Waals surface area (Å²) in [6, 6.07) is 3.66. The molecule has 1 aromatic rings. The molecule has 4 nitrogen and oxygen atoms in total. The summed E-state index contributed by atoms with van der Waals surface area (Å²) in [5.41, 5.74) is 0. The second-order valence-electron chi connectivity index (χ2n) is 5.57. The lowest BCUT2D eigenvalue weighted by molar-refractivity contribution is 0.290. The van der Waals surface area contributed by atoms with Gasteiger partial charge in [0.2, 0.25) is 0 Å². The Morgan fingerprint density at radius 2 is 2.18 bits per heavy atom. The summed E-state index contributed by atoms with van der Waals surface area (Å²) in [4.78, 5) is 0. The summed E-state index contributed by atoms with van der Waals surface area (Å²) in [6.45, 7) is 1.06. The molecular formula is C13H22N4. The van der Waals surface area contributed by atoms with E-state index in [9.17, 15) is 0 Å². The summed E-state index contributed by atoms with van der Waals surface area (Å²) >= 11 is 0. The number of hydrogen-bond acceptors (Lipinski definition) is 3. The third kappa shape index (κ3) is 2.63. The molecule has 2 aliphatic rings. The fourth-order valence-corrected chi connectivity index (χ4v) is 3.32. The number of aromatic nitrogens is 2. The lowest BCUT2D eigenvalue weighted by atomic mass is 9.90. The molecule has 0 radical (unpaired) electrons. The van der Waals surface area contributed by atoms with Crippen molar-refractivity contribution in [1.29, 1.82) is 0 Å². The molecule has 2 N–H and O–H groups in total. The van der Waals surface area contributed by atoms with E-state index in [4.69, 9.17) is 0 Å². The molecule has 2 atom stereocenters. The van der Waals surface area contributed by atoms with Crippen LogP contribution in [0, 0.1) is 5.92 Å². The monoisotopic (exact) mass is 234 g/mol. The summed E-state index contributed by atoms with van der Waals surface area (Å²) in [5.74, 6) is 1.91. The number of anilines is 1. The van der Waals surface area contributed by atoms with Crippen molar-refractivity contribution in [2.24, 2.45) is 13.0 Å². The lowest BCUT2D eigenvalue weighted by Crippen LogP contribution is -2.38. The first kappa shape index (κ1) is 11.1. The Morgan fingerprint density at radius 1 is 1.41 bits per heavy atom. The number of aryl methyl sites for hydroxylation is 1. The normalized spacial score (nSPS) is 31.7. The van der Waals surface area contributed by atoms with Gasteiger partial charge in [0, 0.05) is 37.9 Å². The number of fused-ring (bicyclic) bond motifs is 2. The van der Waals surface area contributed by atoms with Crippen LogP contribution in [0.15, 0.2) is 12.3 Å². The van der Waals surface area contributed by atoms with Gasteiger partial charge in [-0.25, -0.2) is 0 Å². The minimum absolute atomic E-state index is 0.814. The van der Waals surface area contributed by atoms with Crippen molar-refractivity contribution in [3.05, 3.63) is 12.3 Å². The van der Waals surface area contributed by atoms with Crippen molar-refractivity contribution < 1.29 is 0 Å². The van der Waals surface area contributed by atoms with Gasteiger partial charge in [-0.1, -0.05) is 0 Å². The van der Waals surface area contributed by atoms with E-state index < -0.39 is 0 Å². The Labute approximate surface area is 103 Å². The van der Waals surface area contributed by atoms with Crippen molar-refractivity contribution >= 4 is 5.82 Å². The van der Waals surface area contributed by atoms with Crippen molar-refractivity contribution in [2.45, 2.75) is 44.2 Å². The van der Waals surface area contributed by atoms with E-state index in [1.165, 1.54) is 32.1 Å². The van der Waals surface area contributed by atoms with E-state index in [0.29, 0.717) is 0 Å². The fraction of sp³-hybridized carbons (Fsp3) is 0.769. The zero-order chi connectivity index (χ0) is 11.7. The van der Waals surface area contributed by atoms with Crippen LogP contribution in [0.4, 0.5) is 5.82 Å². The summed E-state index contributed by atoms with van der Waals surface area (Å²) in [6.07, 6.45) is 8.81. The molecule has 2 bridgehead atoms. The molecule has 17 heavy (non-hydrogen) atoms. The molecular weight excluding hydrogens is 212 g/mol. The summed E-state index contributed by atoms with van der Waals surface area (Å²) in [7, 11) is 1.95. The van der Waals surface area contributed by atoms with Crippen molar-refractivity contribution in [1.82, 2.24) is 15.1 Å². The highest BCUT2D eigenvalue weighted by atomic mass is 15.3. The third-order valence-electron chi connectivity index (χ3n) is 4.14. The van der Waals surface area contributed by atoms with Gasteiger partial charge in [-0.15, -0.1) is 0 Å². The molecule has 0 spiro atoms. The quantitative estimate of drug-likeness (QED) is 0.834. The molecule has 0 aliphatic carbocycles. The molecule has 3 heterocycles. The van der Waals surface area contributed by atoms with Crippen LogP contribution in [0.2, 0.25) is 0 Å². The topological polar surface area (TPSA) is 41.9 Å². The van der Waals surface area contributed by atoms with Crippen molar-refractivity contribution in [3.63, 3.8) is 0 Å². The van der Waals surface area contributed by atoms with Crippen LogP contribution >= 0.6 is 0 Å². The molecule has 0 saturated carbocycles. The zero-order valence-corrected chi connectivity index (χ0v) is 10.5. The number of nitrogens with zero attached hydrogens (tertiary/aromatic N) is 2. The first-order valence-electron chi connectivity index (χ1n) is 6.79. The van der Waals surface area contributed by atoms with Crippen molar-refractivity contribution in [2.75, 3.05) is 11.9 Å². The zero-order valence-electron chi connectivity index (χ0n) is 10.5. The molecule has 4 heteroatoms. The summed E-state index contributed by atoms with van der Waals surface area (Å²) < 4.78 is 1.84. The van der Waals surface area contributed by atoms with Crippen LogP contribution in [-0.4, -0.2) is 28.4 Å². The molecule has 94 valence electrons. The van der Waals surface area contributed by atoms with Gasteiger partial charge < -0.3 is 10.6 Å². The maximum absolute atomic E-state index is 4.33. The highest BCUT2D eigenvalue weighted by Crippen LogP contribution is 2.32. The van der Waals surface area contributed by atoms with Gasteiger partial charge in [-0.2, -0.15) is 5.10 Å². The lowest BCUT2D eigenvalue weighted by Gasteiger charge is -2.29. The predicted molar refractivity (Wildman–Crippen MR) is 69.0 cm³/mol. The molecule has 2 fully saturated rings. The maximum Gasteiger partial charge on any atom is 0.147 e. The Bertz CT molecular complexity index is 361. The fourth-order valence-electron chi connectivity index (χ4n) is 3.32. The van der Waals surface area contributed by atoms with Gasteiger partial charge >= 0.3 is 0 Å². The van der Waals surface area contributed by atoms with Gasteiger partial charge in [0.1, 0.15) is 5.82 Å². The van der Waals surface area contributed by atoms with Gasteiger partial charge in [-0.05, 0) is 38.0 Å². The van der Waals surface area contributed by atoms with E-state index >= 15 is 0 Å². The first-order chi connectivity index (χ1) is 8.29. The molecule has 2 aliphatic heterocycles. The average molecular weight is 234 g/mol. The highest BCUT2D eigenvalue weighted by molar-refractivity contribution is 5.31. The predicted octanol–water partition coefficient (Wildman–Crippen LogP) is 1.75. The van der Waals surface area contributed by atoms with Crippen LogP contribution in [0.25, 0.3) is 0 Å². The number of hydrogen-bond donors (Lipinski definition) is 2. The van der Waals surface area contributed by atoms with Gasteiger partial charge in [0.25, 0.3) is 0 Å². The van der Waals surface area contributed by atoms with E-state index in [2.05, 4.69) is 15.7 Å². The molecule has 3 rings (SSSR count). The second kappa shape index (κ2) is 4.69. The van der Waals surface area contributed by atoms with Crippen LogP contribution in [0.1, 0.15) is 32.1 Å². The van der Waals surface area contributed by atoms with Gasteiger partial charge in [0.15, 0.2) is 0 Å². The van der Waals surface area contributed by atoms with E-state index in [-0.39, 0.29) is 0 Å². The number of piperidine rings is 1. The third-order valence-corrected chi connectivity index (χ3v) is 4.14. The Hall–Kier alpha value is -1.03. The second-order valence-corrected chi connectivity index (χ2v) is 5.57. The number of rotatable bonds is 4. The van der Waals surface area contributed by atoms with Crippen LogP contribution in [0.5, 0.6) is 0 Å². The molecule has 0 amide bonds. The first-order valence-corrected chi connectivity index (χ1v) is 6.79. The standard InChI is InChI=1S/C13H22N4/c1-17-7-5-13(16-17)14-6-4-10-8-11-2-3-12(9-10)15-11/h5,7,10-12,15H,2-4,6,8-9H2,1H3,(H,14,16). The van der Waals surface area contributed by atoms with E-state index in [1.807, 2.05) is 24.0 Å². The average Bonchev–Trinajstić information content (AvgIpc) is 2.86. The molecule has 2 unspecified atom stereocenters. The molecule has 0 aromatic carbocycles. The molecule has 2 saturated heterocycles. The smallest absolute Gasteiger partial charge is 0.147 e. The van der Waals surface area contributed by atoms with Crippen LogP contribution in [-0.2, 0) is 7.05 Å².